The fourth-order valence-electron chi connectivity index (χ4n) is 2.01. The van der Waals surface area contributed by atoms with Crippen LogP contribution in [0.1, 0.15) is 6.92 Å². The van der Waals surface area contributed by atoms with E-state index in [0.717, 1.165) is 17.0 Å². The van der Waals surface area contributed by atoms with Crippen molar-refractivity contribution < 1.29 is 14.3 Å². The molecule has 0 saturated carbocycles. The van der Waals surface area contributed by atoms with Crippen LogP contribution in [-0.2, 0) is 4.79 Å². The Morgan fingerprint density at radius 3 is 2.71 bits per heavy atom. The molecular formula is C19H22N2O3. The first-order valence-corrected chi connectivity index (χ1v) is 7.62. The van der Waals surface area contributed by atoms with Gasteiger partial charge in [0.05, 0.1) is 19.3 Å². The van der Waals surface area contributed by atoms with Crippen molar-refractivity contribution in [3.8, 4) is 11.5 Å². The molecule has 0 fully saturated rings. The Hall–Kier alpha value is -2.95. The topological polar surface area (TPSA) is 59.6 Å². The van der Waals surface area contributed by atoms with Crippen LogP contribution in [-0.4, -0.2) is 26.2 Å². The summed E-state index contributed by atoms with van der Waals surface area (Å²) in [6, 6.07) is 14.7. The van der Waals surface area contributed by atoms with Gasteiger partial charge in [-0.05, 0) is 36.8 Å². The molecule has 0 heterocycles. The van der Waals surface area contributed by atoms with Gasteiger partial charge >= 0.3 is 0 Å². The lowest BCUT2D eigenvalue weighted by molar-refractivity contribution is -0.114. The smallest absolute Gasteiger partial charge is 0.243 e. The highest BCUT2D eigenvalue weighted by Gasteiger charge is 2.08. The Kier molecular flexibility index (Phi) is 6.25. The van der Waals surface area contributed by atoms with Gasteiger partial charge in [0, 0.05) is 11.8 Å². The Morgan fingerprint density at radius 2 is 1.96 bits per heavy atom. The number of amides is 1. The van der Waals surface area contributed by atoms with Crippen molar-refractivity contribution in [2.45, 2.75) is 6.92 Å². The normalized spacial score (nSPS) is 9.92. The number of benzene rings is 2. The predicted octanol–water partition coefficient (Wildman–Crippen LogP) is 3.70. The van der Waals surface area contributed by atoms with Crippen LogP contribution in [0.15, 0.2) is 60.7 Å². The molecule has 2 aromatic rings. The molecule has 2 aromatic carbocycles. The molecule has 0 radical (unpaired) electrons. The van der Waals surface area contributed by atoms with Crippen molar-refractivity contribution in [3.05, 3.63) is 60.7 Å². The maximum Gasteiger partial charge on any atom is 0.243 e. The van der Waals surface area contributed by atoms with E-state index in [0.29, 0.717) is 18.0 Å². The first-order valence-electron chi connectivity index (χ1n) is 7.62. The summed E-state index contributed by atoms with van der Waals surface area (Å²) in [6.07, 6.45) is 0. The molecule has 2 N–H and O–H groups in total. The summed E-state index contributed by atoms with van der Waals surface area (Å²) < 4.78 is 10.8. The molecule has 0 aliphatic heterocycles. The highest BCUT2D eigenvalue weighted by atomic mass is 16.5. The van der Waals surface area contributed by atoms with E-state index in [1.165, 1.54) is 0 Å². The van der Waals surface area contributed by atoms with Gasteiger partial charge in [-0.1, -0.05) is 24.8 Å². The van der Waals surface area contributed by atoms with Crippen LogP contribution in [0, 0.1) is 0 Å². The number of methoxy groups -OCH3 is 1. The van der Waals surface area contributed by atoms with Crippen LogP contribution in [0.5, 0.6) is 11.5 Å². The van der Waals surface area contributed by atoms with E-state index in [1.54, 1.807) is 13.2 Å². The van der Waals surface area contributed by atoms with E-state index in [1.807, 2.05) is 49.4 Å². The second-order valence-electron chi connectivity index (χ2n) is 5.38. The largest absolute Gasteiger partial charge is 0.497 e. The third kappa shape index (κ3) is 5.35. The van der Waals surface area contributed by atoms with Crippen LogP contribution in [0.3, 0.4) is 0 Å². The van der Waals surface area contributed by atoms with Gasteiger partial charge < -0.3 is 20.1 Å². The molecule has 1 amide bonds. The third-order valence-corrected chi connectivity index (χ3v) is 3.16. The van der Waals surface area contributed by atoms with Crippen LogP contribution in [0.2, 0.25) is 0 Å². The molecule has 0 saturated heterocycles. The predicted molar refractivity (Wildman–Crippen MR) is 96.9 cm³/mol. The van der Waals surface area contributed by atoms with E-state index < -0.39 is 0 Å². The van der Waals surface area contributed by atoms with E-state index in [-0.39, 0.29) is 12.5 Å². The molecule has 5 nitrogen and oxygen atoms in total. The van der Waals surface area contributed by atoms with Gasteiger partial charge in [0.15, 0.2) is 0 Å². The molecule has 0 aliphatic rings. The Balaban J connectivity index is 1.93. The van der Waals surface area contributed by atoms with E-state index in [9.17, 15) is 4.79 Å². The molecular weight excluding hydrogens is 304 g/mol. The highest BCUT2D eigenvalue weighted by molar-refractivity contribution is 5.95. The Labute approximate surface area is 142 Å². The van der Waals surface area contributed by atoms with E-state index in [4.69, 9.17) is 9.47 Å². The third-order valence-electron chi connectivity index (χ3n) is 3.16. The van der Waals surface area contributed by atoms with Crippen LogP contribution in [0.4, 0.5) is 11.4 Å². The van der Waals surface area contributed by atoms with Gasteiger partial charge in [0.25, 0.3) is 0 Å². The Morgan fingerprint density at radius 1 is 1.17 bits per heavy atom. The minimum absolute atomic E-state index is 0.141. The quantitative estimate of drug-likeness (QED) is 0.726. The summed E-state index contributed by atoms with van der Waals surface area (Å²) in [7, 11) is 1.60. The van der Waals surface area contributed by atoms with Crippen molar-refractivity contribution in [1.29, 1.82) is 0 Å². The molecule has 0 spiro atoms. The number of carbonyl (C=O) groups excluding carboxylic acids is 1. The summed E-state index contributed by atoms with van der Waals surface area (Å²) in [6.45, 7) is 6.25. The summed E-state index contributed by atoms with van der Waals surface area (Å²) in [5.41, 5.74) is 2.36. The summed E-state index contributed by atoms with van der Waals surface area (Å²) >= 11 is 0. The first kappa shape index (κ1) is 17.4. The molecule has 5 heteroatoms. The van der Waals surface area contributed by atoms with Crippen molar-refractivity contribution in [2.75, 3.05) is 30.9 Å². The number of para-hydroxylation sites is 2. The molecule has 0 atom stereocenters. The molecule has 0 aromatic heterocycles. The average Bonchev–Trinajstić information content (AvgIpc) is 2.59. The zero-order valence-electron chi connectivity index (χ0n) is 14.0. The summed E-state index contributed by atoms with van der Waals surface area (Å²) in [5, 5.41) is 5.91. The fraction of sp³-hybridized carbons (Fsp3) is 0.211. The van der Waals surface area contributed by atoms with Gasteiger partial charge in [-0.2, -0.15) is 0 Å². The molecule has 0 bridgehead atoms. The monoisotopic (exact) mass is 326 g/mol. The number of ether oxygens (including phenoxy) is 2. The van der Waals surface area contributed by atoms with Gasteiger partial charge in [-0.25, -0.2) is 0 Å². The number of nitrogens with one attached hydrogen (secondary N) is 2. The van der Waals surface area contributed by atoms with Crippen molar-refractivity contribution >= 4 is 17.3 Å². The minimum Gasteiger partial charge on any atom is -0.497 e. The number of carbonyl (C=O) groups is 1. The first-order chi connectivity index (χ1) is 11.6. The van der Waals surface area contributed by atoms with Crippen LogP contribution in [0.25, 0.3) is 0 Å². The van der Waals surface area contributed by atoms with Gasteiger partial charge in [-0.3, -0.25) is 4.79 Å². The van der Waals surface area contributed by atoms with Crippen LogP contribution >= 0.6 is 0 Å². The highest BCUT2D eigenvalue weighted by Crippen LogP contribution is 2.24. The lowest BCUT2D eigenvalue weighted by Crippen LogP contribution is -2.22. The lowest BCUT2D eigenvalue weighted by Gasteiger charge is -2.13. The maximum absolute atomic E-state index is 12.2. The fourth-order valence-corrected chi connectivity index (χ4v) is 2.01. The van der Waals surface area contributed by atoms with E-state index >= 15 is 0 Å². The van der Waals surface area contributed by atoms with Gasteiger partial charge in [0.2, 0.25) is 5.91 Å². The summed E-state index contributed by atoms with van der Waals surface area (Å²) in [5.74, 6) is 1.19. The van der Waals surface area contributed by atoms with E-state index in [2.05, 4.69) is 17.2 Å². The standard InChI is InChI=1S/C19H22N2O3/c1-14(2)13-24-18-10-5-4-9-17(18)21-19(22)12-20-15-7-6-8-16(11-15)23-3/h4-11,20H,1,12-13H2,2-3H3,(H,21,22). The SMILES string of the molecule is C=C(C)COc1ccccc1NC(=O)CNc1cccc(OC)c1. The van der Waals surface area contributed by atoms with Crippen molar-refractivity contribution in [1.82, 2.24) is 0 Å². The van der Waals surface area contributed by atoms with Crippen molar-refractivity contribution in [2.24, 2.45) is 0 Å². The van der Waals surface area contributed by atoms with Gasteiger partial charge in [0.1, 0.15) is 18.1 Å². The summed E-state index contributed by atoms with van der Waals surface area (Å²) in [4.78, 5) is 12.2. The Bertz CT molecular complexity index is 713. The number of rotatable bonds is 8. The molecule has 0 unspecified atom stereocenters. The van der Waals surface area contributed by atoms with Crippen molar-refractivity contribution in [3.63, 3.8) is 0 Å². The zero-order valence-corrected chi connectivity index (χ0v) is 14.0. The average molecular weight is 326 g/mol. The molecule has 24 heavy (non-hydrogen) atoms. The molecule has 0 aliphatic carbocycles. The molecule has 2 rings (SSSR count). The second-order valence-corrected chi connectivity index (χ2v) is 5.38. The maximum atomic E-state index is 12.2. The number of anilines is 2. The second kappa shape index (κ2) is 8.62. The molecule has 126 valence electrons. The number of hydrogen-bond donors (Lipinski definition) is 2. The lowest BCUT2D eigenvalue weighted by atomic mass is 10.2. The zero-order chi connectivity index (χ0) is 17.4. The van der Waals surface area contributed by atoms with Gasteiger partial charge in [-0.15, -0.1) is 0 Å². The van der Waals surface area contributed by atoms with Crippen LogP contribution < -0.4 is 20.1 Å². The number of hydrogen-bond acceptors (Lipinski definition) is 4. The minimum atomic E-state index is -0.163.